The van der Waals surface area contributed by atoms with Gasteiger partial charge in [-0.1, -0.05) is 60.3 Å². The smallest absolute Gasteiger partial charge is 0.330 e. The lowest BCUT2D eigenvalue weighted by molar-refractivity contribution is -0.116. The molecule has 0 aliphatic heterocycles. The van der Waals surface area contributed by atoms with Crippen molar-refractivity contribution in [2.45, 2.75) is 25.0 Å². The first-order chi connectivity index (χ1) is 23.9. The molecular formula is C35H36N8O5S. The summed E-state index contributed by atoms with van der Waals surface area (Å²) in [5, 5.41) is 10.5. The number of methoxy groups -OCH3 is 1. The van der Waals surface area contributed by atoms with E-state index in [0.717, 1.165) is 33.5 Å². The molecule has 6 aromatic rings. The van der Waals surface area contributed by atoms with E-state index in [2.05, 4.69) is 20.2 Å². The molecule has 0 bridgehead atoms. The Kier molecular flexibility index (Phi) is 10.3. The van der Waals surface area contributed by atoms with Crippen molar-refractivity contribution in [2.75, 3.05) is 43.3 Å². The first kappa shape index (κ1) is 33.3. The fourth-order valence-corrected chi connectivity index (χ4v) is 6.41. The zero-order valence-corrected chi connectivity index (χ0v) is 27.9. The number of H-pyrrole nitrogens is 2. The number of aromatic nitrogens is 6. The number of para-hydroxylation sites is 1. The summed E-state index contributed by atoms with van der Waals surface area (Å²) in [6, 6.07) is 24.7. The zero-order chi connectivity index (χ0) is 34.3. The van der Waals surface area contributed by atoms with Crippen LogP contribution < -0.4 is 26.6 Å². The van der Waals surface area contributed by atoms with E-state index in [1.807, 2.05) is 96.6 Å². The molecule has 0 aliphatic rings. The minimum absolute atomic E-state index is 0.0929. The summed E-state index contributed by atoms with van der Waals surface area (Å²) in [5.41, 5.74) is 8.36. The molecule has 0 spiro atoms. The van der Waals surface area contributed by atoms with Crippen LogP contribution in [0.3, 0.4) is 0 Å². The van der Waals surface area contributed by atoms with Gasteiger partial charge in [0.2, 0.25) is 5.91 Å². The van der Waals surface area contributed by atoms with Crippen LogP contribution in [0.15, 0.2) is 99.8 Å². The molecule has 13 nitrogen and oxygen atoms in total. The predicted octanol–water partition coefficient (Wildman–Crippen LogP) is 4.46. The Hall–Kier alpha value is -5.60. The Morgan fingerprint density at radius 3 is 2.51 bits per heavy atom. The highest BCUT2D eigenvalue weighted by Crippen LogP contribution is 2.33. The SMILES string of the molecule is CCOc1ccc(-n2c(SCC(=O)N(CCCOC)c3c(N)n(Cc4ccccc4)c(=O)[nH]c3=O)nnc2-c2c[nH]c3ccccc23)cc1. The summed E-state index contributed by atoms with van der Waals surface area (Å²) in [5.74, 6) is 0.695. The molecule has 3 heterocycles. The molecule has 0 saturated carbocycles. The summed E-state index contributed by atoms with van der Waals surface area (Å²) in [6.07, 6.45) is 2.31. The lowest BCUT2D eigenvalue weighted by Crippen LogP contribution is -2.42. The normalized spacial score (nSPS) is 11.2. The van der Waals surface area contributed by atoms with Crippen molar-refractivity contribution in [3.05, 3.63) is 111 Å². The van der Waals surface area contributed by atoms with Gasteiger partial charge < -0.3 is 25.1 Å². The lowest BCUT2D eigenvalue weighted by atomic mass is 10.1. The van der Waals surface area contributed by atoms with Gasteiger partial charge in [-0.25, -0.2) is 4.79 Å². The zero-order valence-electron chi connectivity index (χ0n) is 27.1. The monoisotopic (exact) mass is 680 g/mol. The van der Waals surface area contributed by atoms with Crippen LogP contribution in [-0.2, 0) is 16.1 Å². The molecule has 1 amide bonds. The number of amides is 1. The number of fused-ring (bicyclic) bond motifs is 1. The first-order valence-corrected chi connectivity index (χ1v) is 16.7. The number of nitrogens with zero attached hydrogens (tertiary/aromatic N) is 5. The number of hydrogen-bond donors (Lipinski definition) is 3. The number of benzene rings is 3. The molecule has 14 heteroatoms. The van der Waals surface area contributed by atoms with E-state index in [1.54, 1.807) is 7.11 Å². The molecule has 252 valence electrons. The van der Waals surface area contributed by atoms with Crippen LogP contribution in [0.25, 0.3) is 28.0 Å². The summed E-state index contributed by atoms with van der Waals surface area (Å²) in [4.78, 5) is 47.1. The summed E-state index contributed by atoms with van der Waals surface area (Å²) < 4.78 is 14.0. The average molecular weight is 681 g/mol. The van der Waals surface area contributed by atoms with Gasteiger partial charge in [-0.2, -0.15) is 0 Å². The van der Waals surface area contributed by atoms with Crippen molar-refractivity contribution in [3.8, 4) is 22.8 Å². The molecule has 0 saturated heterocycles. The molecule has 0 radical (unpaired) electrons. The maximum absolute atomic E-state index is 14.0. The highest BCUT2D eigenvalue weighted by atomic mass is 32.2. The third-order valence-corrected chi connectivity index (χ3v) is 8.81. The number of hydrogen-bond acceptors (Lipinski definition) is 9. The Morgan fingerprint density at radius 2 is 1.76 bits per heavy atom. The predicted molar refractivity (Wildman–Crippen MR) is 191 cm³/mol. The Bertz CT molecular complexity index is 2170. The van der Waals surface area contributed by atoms with Crippen molar-refractivity contribution in [2.24, 2.45) is 0 Å². The molecule has 0 unspecified atom stereocenters. The largest absolute Gasteiger partial charge is 0.494 e. The summed E-state index contributed by atoms with van der Waals surface area (Å²) >= 11 is 1.18. The van der Waals surface area contributed by atoms with E-state index >= 15 is 0 Å². The van der Waals surface area contributed by atoms with E-state index < -0.39 is 17.2 Å². The maximum atomic E-state index is 14.0. The van der Waals surface area contributed by atoms with Gasteiger partial charge in [-0.05, 0) is 49.2 Å². The second-order valence-corrected chi connectivity index (χ2v) is 12.0. The van der Waals surface area contributed by atoms with Crippen LogP contribution >= 0.6 is 11.8 Å². The summed E-state index contributed by atoms with van der Waals surface area (Å²) in [6.45, 7) is 3.06. The van der Waals surface area contributed by atoms with Gasteiger partial charge in [0, 0.05) is 48.6 Å². The molecule has 4 N–H and O–H groups in total. The van der Waals surface area contributed by atoms with Crippen molar-refractivity contribution in [1.29, 1.82) is 0 Å². The van der Waals surface area contributed by atoms with Crippen LogP contribution in [0.1, 0.15) is 18.9 Å². The maximum Gasteiger partial charge on any atom is 0.330 e. The molecule has 3 aromatic heterocycles. The van der Waals surface area contributed by atoms with Gasteiger partial charge in [0.05, 0.1) is 18.9 Å². The van der Waals surface area contributed by atoms with Crippen molar-refractivity contribution < 1.29 is 14.3 Å². The number of ether oxygens (including phenoxy) is 2. The average Bonchev–Trinajstić information content (AvgIpc) is 3.73. The second kappa shape index (κ2) is 15.1. The van der Waals surface area contributed by atoms with Crippen molar-refractivity contribution >= 4 is 40.1 Å². The number of thioether (sulfide) groups is 1. The third-order valence-electron chi connectivity index (χ3n) is 7.89. The fourth-order valence-electron chi connectivity index (χ4n) is 5.58. The van der Waals surface area contributed by atoms with Crippen LogP contribution in [0.4, 0.5) is 11.5 Å². The van der Waals surface area contributed by atoms with Gasteiger partial charge in [-0.15, -0.1) is 10.2 Å². The molecule has 49 heavy (non-hydrogen) atoms. The molecule has 0 fully saturated rings. The minimum Gasteiger partial charge on any atom is -0.494 e. The van der Waals surface area contributed by atoms with E-state index in [-0.39, 0.29) is 30.3 Å². The number of rotatable bonds is 14. The van der Waals surface area contributed by atoms with Gasteiger partial charge in [0.25, 0.3) is 5.56 Å². The second-order valence-electron chi connectivity index (χ2n) is 11.1. The van der Waals surface area contributed by atoms with Crippen LogP contribution in [0, 0.1) is 0 Å². The molecule has 0 aliphatic carbocycles. The van der Waals surface area contributed by atoms with Gasteiger partial charge >= 0.3 is 5.69 Å². The molecule has 0 atom stereocenters. The topological polar surface area (TPSA) is 166 Å². The number of anilines is 2. The van der Waals surface area contributed by atoms with Crippen LogP contribution in [-0.4, -0.2) is 67.8 Å². The van der Waals surface area contributed by atoms with Crippen molar-refractivity contribution in [1.82, 2.24) is 29.3 Å². The van der Waals surface area contributed by atoms with Gasteiger partial charge in [0.1, 0.15) is 11.6 Å². The van der Waals surface area contributed by atoms with E-state index in [4.69, 9.17) is 15.2 Å². The highest BCUT2D eigenvalue weighted by molar-refractivity contribution is 7.99. The number of aromatic amines is 2. The first-order valence-electron chi connectivity index (χ1n) is 15.7. The number of carbonyl (C=O) groups is 1. The summed E-state index contributed by atoms with van der Waals surface area (Å²) in [7, 11) is 1.56. The minimum atomic E-state index is -0.748. The third kappa shape index (κ3) is 7.15. The lowest BCUT2D eigenvalue weighted by Gasteiger charge is -2.24. The Labute approximate surface area is 285 Å². The van der Waals surface area contributed by atoms with E-state index in [9.17, 15) is 14.4 Å². The quantitative estimate of drug-likeness (QED) is 0.111. The van der Waals surface area contributed by atoms with Gasteiger partial charge in [-0.3, -0.25) is 23.7 Å². The van der Waals surface area contributed by atoms with E-state index in [1.165, 1.54) is 21.2 Å². The van der Waals surface area contributed by atoms with Crippen LogP contribution in [0.2, 0.25) is 0 Å². The standard InChI is InChI=1S/C35H36N8O5S/c1-3-48-25-16-14-24(15-17-25)43-32(27-20-37-28-13-8-7-12-26(27)28)39-40-35(43)49-22-29(44)41(18-9-19-47-2)30-31(36)42(34(46)38-33(30)45)21-23-10-5-4-6-11-23/h4-8,10-17,20,37H,3,9,18-19,21-22,36H2,1-2H3,(H,38,45,46). The molecule has 6 rings (SSSR count). The number of nitrogens with one attached hydrogen (secondary N) is 2. The molecular weight excluding hydrogens is 645 g/mol. The highest BCUT2D eigenvalue weighted by Gasteiger charge is 2.26. The fraction of sp³-hybridized carbons (Fsp3) is 0.229. The van der Waals surface area contributed by atoms with Gasteiger partial charge in [0.15, 0.2) is 16.7 Å². The number of nitrogen functional groups attached to an aromatic ring is 1. The van der Waals surface area contributed by atoms with Crippen LogP contribution in [0.5, 0.6) is 5.75 Å². The Morgan fingerprint density at radius 1 is 1.00 bits per heavy atom. The Balaban J connectivity index is 1.35. The van der Waals surface area contributed by atoms with E-state index in [0.29, 0.717) is 30.6 Å². The number of nitrogens with two attached hydrogens (primary N) is 1. The number of carbonyl (C=O) groups excluding carboxylic acids is 1. The van der Waals surface area contributed by atoms with Crippen molar-refractivity contribution in [3.63, 3.8) is 0 Å². The molecule has 3 aromatic carbocycles.